The standard InChI is InChI=1S/C28H46O2/c1-18(2)19(3)9-10-20(4)25-13-14-26-22(8-7-15-28(25,26)6)11-12-23-16-24(29)17-27(30)21(23)5/h11-12,18-20,24-27,29-30H,5,7-10,13-17H2,1-4,6H3/b22-11+,23-12-/t19-,20+,24?,25+,26-,27?,28+/m0/s1. The second-order valence-corrected chi connectivity index (χ2v) is 11.4. The van der Waals surface area contributed by atoms with Crippen LogP contribution < -0.4 is 0 Å². The first-order valence-electron chi connectivity index (χ1n) is 12.6. The SMILES string of the molecule is C=C1/C(=C\C=C2/CCC[C@]3(C)[C@@H]([C@H](C)CC[C@H](C)C(C)C)CC[C@@H]23)CC(O)CC1O. The van der Waals surface area contributed by atoms with Gasteiger partial charge in [0.05, 0.1) is 12.2 Å². The molecule has 3 aliphatic carbocycles. The van der Waals surface area contributed by atoms with Gasteiger partial charge < -0.3 is 10.2 Å². The minimum Gasteiger partial charge on any atom is -0.393 e. The van der Waals surface area contributed by atoms with Crippen LogP contribution in [0.15, 0.2) is 35.5 Å². The lowest BCUT2D eigenvalue weighted by molar-refractivity contribution is 0.0861. The summed E-state index contributed by atoms with van der Waals surface area (Å²) in [6, 6.07) is 0. The third-order valence-corrected chi connectivity index (χ3v) is 9.20. The Hall–Kier alpha value is -0.860. The van der Waals surface area contributed by atoms with Crippen LogP contribution in [0.25, 0.3) is 0 Å². The van der Waals surface area contributed by atoms with E-state index in [0.717, 1.165) is 34.8 Å². The average molecular weight is 415 g/mol. The lowest BCUT2D eigenvalue weighted by Crippen LogP contribution is -2.36. The summed E-state index contributed by atoms with van der Waals surface area (Å²) in [7, 11) is 0. The first-order valence-corrected chi connectivity index (χ1v) is 12.6. The molecule has 0 aromatic carbocycles. The van der Waals surface area contributed by atoms with Gasteiger partial charge in [0.15, 0.2) is 0 Å². The molecule has 0 aromatic rings. The quantitative estimate of drug-likeness (QED) is 0.500. The van der Waals surface area contributed by atoms with Crippen LogP contribution in [0.3, 0.4) is 0 Å². The average Bonchev–Trinajstić information content (AvgIpc) is 3.04. The van der Waals surface area contributed by atoms with E-state index in [2.05, 4.69) is 53.3 Å². The van der Waals surface area contributed by atoms with Crippen LogP contribution in [0.5, 0.6) is 0 Å². The van der Waals surface area contributed by atoms with E-state index in [9.17, 15) is 10.2 Å². The van der Waals surface area contributed by atoms with Crippen molar-refractivity contribution in [2.75, 3.05) is 0 Å². The topological polar surface area (TPSA) is 40.5 Å². The second-order valence-electron chi connectivity index (χ2n) is 11.4. The van der Waals surface area contributed by atoms with Crippen molar-refractivity contribution >= 4 is 0 Å². The van der Waals surface area contributed by atoms with Gasteiger partial charge in [0, 0.05) is 6.42 Å². The zero-order valence-corrected chi connectivity index (χ0v) is 20.2. The normalized spacial score (nSPS) is 39.5. The summed E-state index contributed by atoms with van der Waals surface area (Å²) in [5.41, 5.74) is 3.87. The second kappa shape index (κ2) is 9.74. The molecule has 0 bridgehead atoms. The van der Waals surface area contributed by atoms with Crippen molar-refractivity contribution in [3.63, 3.8) is 0 Å². The first-order chi connectivity index (χ1) is 14.1. The lowest BCUT2D eigenvalue weighted by atomic mass is 9.60. The van der Waals surface area contributed by atoms with E-state index >= 15 is 0 Å². The van der Waals surface area contributed by atoms with Crippen molar-refractivity contribution < 1.29 is 10.2 Å². The van der Waals surface area contributed by atoms with Gasteiger partial charge in [-0.05, 0) is 84.7 Å². The third kappa shape index (κ3) is 4.96. The molecule has 0 spiro atoms. The zero-order valence-electron chi connectivity index (χ0n) is 20.2. The molecule has 0 aliphatic heterocycles. The maximum Gasteiger partial charge on any atom is 0.0811 e. The number of allylic oxidation sites excluding steroid dienone is 3. The summed E-state index contributed by atoms with van der Waals surface area (Å²) in [4.78, 5) is 0. The smallest absolute Gasteiger partial charge is 0.0811 e. The van der Waals surface area contributed by atoms with Crippen LogP contribution in [-0.4, -0.2) is 22.4 Å². The monoisotopic (exact) mass is 414 g/mol. The largest absolute Gasteiger partial charge is 0.393 e. The van der Waals surface area contributed by atoms with Crippen molar-refractivity contribution in [2.45, 2.75) is 105 Å². The van der Waals surface area contributed by atoms with E-state index in [1.54, 1.807) is 5.57 Å². The molecule has 3 aliphatic rings. The number of hydrogen-bond acceptors (Lipinski definition) is 2. The summed E-state index contributed by atoms with van der Waals surface area (Å²) in [5.74, 6) is 3.95. The fourth-order valence-electron chi connectivity index (χ4n) is 6.74. The molecule has 2 heteroatoms. The fraction of sp³-hybridized carbons (Fsp3) is 0.786. The van der Waals surface area contributed by atoms with E-state index in [1.165, 1.54) is 44.9 Å². The van der Waals surface area contributed by atoms with Gasteiger partial charge >= 0.3 is 0 Å². The fourth-order valence-corrected chi connectivity index (χ4v) is 6.74. The maximum atomic E-state index is 10.1. The van der Waals surface area contributed by atoms with Gasteiger partial charge in [-0.2, -0.15) is 0 Å². The molecule has 3 rings (SSSR count). The van der Waals surface area contributed by atoms with Gasteiger partial charge in [0.2, 0.25) is 0 Å². The molecular formula is C28H46O2. The highest BCUT2D eigenvalue weighted by Crippen LogP contribution is 2.60. The van der Waals surface area contributed by atoms with Crippen LogP contribution in [0.4, 0.5) is 0 Å². The Morgan fingerprint density at radius 1 is 1.10 bits per heavy atom. The molecule has 2 nitrogen and oxygen atoms in total. The minimum atomic E-state index is -0.597. The number of aliphatic hydroxyl groups is 2. The molecule has 170 valence electrons. The van der Waals surface area contributed by atoms with Gasteiger partial charge in [-0.3, -0.25) is 0 Å². The molecule has 2 N–H and O–H groups in total. The Morgan fingerprint density at radius 3 is 2.53 bits per heavy atom. The van der Waals surface area contributed by atoms with Crippen molar-refractivity contribution in [3.05, 3.63) is 35.5 Å². The highest BCUT2D eigenvalue weighted by molar-refractivity contribution is 5.38. The van der Waals surface area contributed by atoms with Crippen LogP contribution in [-0.2, 0) is 0 Å². The van der Waals surface area contributed by atoms with E-state index in [-0.39, 0.29) is 0 Å². The van der Waals surface area contributed by atoms with E-state index in [4.69, 9.17) is 0 Å². The molecule has 0 aromatic heterocycles. The summed E-state index contributed by atoms with van der Waals surface area (Å²) in [5, 5.41) is 20.2. The summed E-state index contributed by atoms with van der Waals surface area (Å²) in [6.07, 6.45) is 13.8. The van der Waals surface area contributed by atoms with Gasteiger partial charge in [-0.15, -0.1) is 0 Å². The minimum absolute atomic E-state index is 0.419. The number of rotatable bonds is 6. The highest BCUT2D eigenvalue weighted by atomic mass is 16.3. The Kier molecular flexibility index (Phi) is 7.72. The van der Waals surface area contributed by atoms with Gasteiger partial charge in [-0.25, -0.2) is 0 Å². The summed E-state index contributed by atoms with van der Waals surface area (Å²) >= 11 is 0. The van der Waals surface area contributed by atoms with Crippen molar-refractivity contribution in [3.8, 4) is 0 Å². The van der Waals surface area contributed by atoms with Gasteiger partial charge in [-0.1, -0.05) is 71.8 Å². The Bertz CT molecular complexity index is 672. The molecular weight excluding hydrogens is 368 g/mol. The molecule has 2 unspecified atom stereocenters. The summed E-state index contributed by atoms with van der Waals surface area (Å²) < 4.78 is 0. The van der Waals surface area contributed by atoms with Crippen molar-refractivity contribution in [1.29, 1.82) is 0 Å². The Labute approximate surface area is 185 Å². The third-order valence-electron chi connectivity index (χ3n) is 9.20. The number of aliphatic hydroxyl groups excluding tert-OH is 2. The van der Waals surface area contributed by atoms with Crippen LogP contribution >= 0.6 is 0 Å². The molecule has 3 saturated carbocycles. The molecule has 0 radical (unpaired) electrons. The van der Waals surface area contributed by atoms with E-state index < -0.39 is 12.2 Å². The number of hydrogen-bond donors (Lipinski definition) is 2. The van der Waals surface area contributed by atoms with Crippen LogP contribution in [0.2, 0.25) is 0 Å². The highest BCUT2D eigenvalue weighted by Gasteiger charge is 2.50. The maximum absolute atomic E-state index is 10.1. The lowest BCUT2D eigenvalue weighted by Gasteiger charge is -2.44. The van der Waals surface area contributed by atoms with Crippen molar-refractivity contribution in [1.82, 2.24) is 0 Å². The zero-order chi connectivity index (χ0) is 22.1. The molecule has 0 heterocycles. The van der Waals surface area contributed by atoms with Crippen LogP contribution in [0.1, 0.15) is 92.4 Å². The molecule has 30 heavy (non-hydrogen) atoms. The molecule has 0 saturated heterocycles. The molecule has 0 amide bonds. The predicted octanol–water partition coefficient (Wildman–Crippen LogP) is 6.84. The Balaban J connectivity index is 1.72. The molecule has 3 fully saturated rings. The van der Waals surface area contributed by atoms with Crippen molar-refractivity contribution in [2.24, 2.45) is 35.0 Å². The summed E-state index contributed by atoms with van der Waals surface area (Å²) in [6.45, 7) is 16.3. The Morgan fingerprint density at radius 2 is 1.83 bits per heavy atom. The van der Waals surface area contributed by atoms with Gasteiger partial charge in [0.1, 0.15) is 0 Å². The predicted molar refractivity (Wildman–Crippen MR) is 127 cm³/mol. The van der Waals surface area contributed by atoms with Crippen LogP contribution in [0, 0.1) is 35.0 Å². The van der Waals surface area contributed by atoms with E-state index in [1.807, 2.05) is 0 Å². The number of fused-ring (bicyclic) bond motifs is 1. The first kappa shape index (κ1) is 23.8. The molecule has 7 atom stereocenters. The van der Waals surface area contributed by atoms with E-state index in [0.29, 0.717) is 24.2 Å². The van der Waals surface area contributed by atoms with Gasteiger partial charge in [0.25, 0.3) is 0 Å².